The molecule has 2 aromatic rings. The van der Waals surface area contributed by atoms with E-state index in [1.807, 2.05) is 36.4 Å². The molecule has 92 valence electrons. The third kappa shape index (κ3) is 2.51. The number of carbonyl (C=O) groups is 1. The number of methoxy groups -OCH3 is 1. The molecule has 3 heteroatoms. The van der Waals surface area contributed by atoms with Crippen LogP contribution in [0.3, 0.4) is 0 Å². The Morgan fingerprint density at radius 1 is 1.17 bits per heavy atom. The Bertz CT molecular complexity index is 627. The summed E-state index contributed by atoms with van der Waals surface area (Å²) in [5, 5.41) is 11.0. The van der Waals surface area contributed by atoms with Crippen molar-refractivity contribution in [1.82, 2.24) is 0 Å². The Labute approximate surface area is 105 Å². The molecule has 18 heavy (non-hydrogen) atoms. The zero-order valence-electron chi connectivity index (χ0n) is 10.3. The first-order valence-electron chi connectivity index (χ1n) is 5.59. The zero-order valence-corrected chi connectivity index (χ0v) is 10.3. The summed E-state index contributed by atoms with van der Waals surface area (Å²) < 4.78 is 5.16. The van der Waals surface area contributed by atoms with Gasteiger partial charge in [0.1, 0.15) is 5.75 Å². The lowest BCUT2D eigenvalue weighted by molar-refractivity contribution is -0.132. The Kier molecular flexibility index (Phi) is 3.33. The summed E-state index contributed by atoms with van der Waals surface area (Å²) in [5.74, 6) is -0.0858. The minimum atomic E-state index is -0.898. The van der Waals surface area contributed by atoms with Gasteiger partial charge in [-0.25, -0.2) is 4.79 Å². The second kappa shape index (κ2) is 4.92. The summed E-state index contributed by atoms with van der Waals surface area (Å²) in [6, 6.07) is 11.6. The van der Waals surface area contributed by atoms with E-state index >= 15 is 0 Å². The summed E-state index contributed by atoms with van der Waals surface area (Å²) in [5.41, 5.74) is 1.20. The van der Waals surface area contributed by atoms with E-state index in [9.17, 15) is 4.79 Å². The SMILES string of the molecule is COc1ccc2cc(/C=C(\C)C(=O)O)ccc2c1. The van der Waals surface area contributed by atoms with Crippen LogP contribution in [0.5, 0.6) is 5.75 Å². The van der Waals surface area contributed by atoms with Crippen LogP contribution in [0.15, 0.2) is 42.0 Å². The lowest BCUT2D eigenvalue weighted by Crippen LogP contribution is -1.95. The summed E-state index contributed by atoms with van der Waals surface area (Å²) in [6.45, 7) is 1.58. The number of benzene rings is 2. The van der Waals surface area contributed by atoms with Crippen molar-refractivity contribution in [3.05, 3.63) is 47.5 Å². The fourth-order valence-electron chi connectivity index (χ4n) is 1.77. The molecule has 0 aliphatic rings. The molecule has 0 aliphatic heterocycles. The molecule has 0 saturated carbocycles. The predicted molar refractivity (Wildman–Crippen MR) is 71.8 cm³/mol. The van der Waals surface area contributed by atoms with Crippen LogP contribution < -0.4 is 4.74 Å². The highest BCUT2D eigenvalue weighted by Crippen LogP contribution is 2.22. The van der Waals surface area contributed by atoms with Gasteiger partial charge in [-0.05, 0) is 47.5 Å². The molecule has 0 unspecified atom stereocenters. The van der Waals surface area contributed by atoms with Gasteiger partial charge < -0.3 is 9.84 Å². The van der Waals surface area contributed by atoms with Crippen molar-refractivity contribution < 1.29 is 14.6 Å². The molecule has 0 aromatic heterocycles. The normalized spacial score (nSPS) is 11.6. The molecular formula is C15H14O3. The minimum Gasteiger partial charge on any atom is -0.497 e. The summed E-state index contributed by atoms with van der Waals surface area (Å²) in [4.78, 5) is 10.8. The summed E-state index contributed by atoms with van der Waals surface area (Å²) >= 11 is 0. The van der Waals surface area contributed by atoms with Gasteiger partial charge in [0.05, 0.1) is 7.11 Å². The summed E-state index contributed by atoms with van der Waals surface area (Å²) in [7, 11) is 1.63. The van der Waals surface area contributed by atoms with Crippen LogP contribution in [0.1, 0.15) is 12.5 Å². The molecule has 2 rings (SSSR count). The number of fused-ring (bicyclic) bond motifs is 1. The first-order chi connectivity index (χ1) is 8.60. The Morgan fingerprint density at radius 3 is 2.50 bits per heavy atom. The number of ether oxygens (including phenoxy) is 1. The molecule has 0 atom stereocenters. The Morgan fingerprint density at radius 2 is 1.83 bits per heavy atom. The van der Waals surface area contributed by atoms with Gasteiger partial charge in [0.25, 0.3) is 0 Å². The van der Waals surface area contributed by atoms with Crippen molar-refractivity contribution in [2.75, 3.05) is 7.11 Å². The van der Waals surface area contributed by atoms with Crippen LogP contribution in [0.4, 0.5) is 0 Å². The molecule has 0 saturated heterocycles. The topological polar surface area (TPSA) is 46.5 Å². The lowest BCUT2D eigenvalue weighted by Gasteiger charge is -2.04. The molecule has 0 spiro atoms. The van der Waals surface area contributed by atoms with Gasteiger partial charge in [-0.2, -0.15) is 0 Å². The average Bonchev–Trinajstić information content (AvgIpc) is 2.37. The largest absolute Gasteiger partial charge is 0.497 e. The van der Waals surface area contributed by atoms with Gasteiger partial charge in [0.2, 0.25) is 0 Å². The Hall–Kier alpha value is -2.29. The van der Waals surface area contributed by atoms with Crippen LogP contribution in [-0.2, 0) is 4.79 Å². The van der Waals surface area contributed by atoms with Crippen LogP contribution in [0.25, 0.3) is 16.8 Å². The van der Waals surface area contributed by atoms with Gasteiger partial charge >= 0.3 is 5.97 Å². The lowest BCUT2D eigenvalue weighted by atomic mass is 10.1. The molecule has 0 heterocycles. The zero-order chi connectivity index (χ0) is 13.1. The monoisotopic (exact) mass is 242 g/mol. The van der Waals surface area contributed by atoms with Crippen LogP contribution in [0, 0.1) is 0 Å². The van der Waals surface area contributed by atoms with E-state index in [0.717, 1.165) is 22.1 Å². The second-order valence-corrected chi connectivity index (χ2v) is 4.11. The average molecular weight is 242 g/mol. The number of aliphatic carboxylic acids is 1. The third-order valence-electron chi connectivity index (χ3n) is 2.79. The minimum absolute atomic E-state index is 0.322. The van der Waals surface area contributed by atoms with Crippen LogP contribution in [-0.4, -0.2) is 18.2 Å². The van der Waals surface area contributed by atoms with Crippen LogP contribution >= 0.6 is 0 Å². The van der Waals surface area contributed by atoms with Gasteiger partial charge in [-0.15, -0.1) is 0 Å². The fraction of sp³-hybridized carbons (Fsp3) is 0.133. The van der Waals surface area contributed by atoms with Gasteiger partial charge in [0, 0.05) is 5.57 Å². The number of carboxylic acid groups (broad SMARTS) is 1. The molecule has 1 N–H and O–H groups in total. The van der Waals surface area contributed by atoms with E-state index in [-0.39, 0.29) is 0 Å². The maximum atomic E-state index is 10.8. The molecule has 0 aliphatic carbocycles. The second-order valence-electron chi connectivity index (χ2n) is 4.11. The van der Waals surface area contributed by atoms with E-state index in [4.69, 9.17) is 9.84 Å². The first-order valence-corrected chi connectivity index (χ1v) is 5.59. The number of rotatable bonds is 3. The van der Waals surface area contributed by atoms with Crippen LogP contribution in [0.2, 0.25) is 0 Å². The molecule has 0 radical (unpaired) electrons. The summed E-state index contributed by atoms with van der Waals surface area (Å²) in [6.07, 6.45) is 1.66. The van der Waals surface area contributed by atoms with Crippen molar-refractivity contribution >= 4 is 22.8 Å². The van der Waals surface area contributed by atoms with Gasteiger partial charge in [-0.3, -0.25) is 0 Å². The molecular weight excluding hydrogens is 228 g/mol. The maximum Gasteiger partial charge on any atom is 0.331 e. The highest BCUT2D eigenvalue weighted by molar-refractivity contribution is 5.93. The van der Waals surface area contributed by atoms with Crippen molar-refractivity contribution in [3.8, 4) is 5.75 Å². The third-order valence-corrected chi connectivity index (χ3v) is 2.79. The number of hydrogen-bond acceptors (Lipinski definition) is 2. The number of carboxylic acids is 1. The highest BCUT2D eigenvalue weighted by atomic mass is 16.5. The predicted octanol–water partition coefficient (Wildman–Crippen LogP) is 3.34. The van der Waals surface area contributed by atoms with Crippen molar-refractivity contribution in [1.29, 1.82) is 0 Å². The van der Waals surface area contributed by atoms with E-state index in [1.54, 1.807) is 20.1 Å². The van der Waals surface area contributed by atoms with Crippen molar-refractivity contribution in [3.63, 3.8) is 0 Å². The highest BCUT2D eigenvalue weighted by Gasteiger charge is 2.01. The molecule has 0 fully saturated rings. The Balaban J connectivity index is 2.45. The van der Waals surface area contributed by atoms with E-state index in [1.165, 1.54) is 0 Å². The van der Waals surface area contributed by atoms with Crippen molar-refractivity contribution in [2.24, 2.45) is 0 Å². The molecule has 2 aromatic carbocycles. The molecule has 3 nitrogen and oxygen atoms in total. The van der Waals surface area contributed by atoms with Crippen molar-refractivity contribution in [2.45, 2.75) is 6.92 Å². The number of hydrogen-bond donors (Lipinski definition) is 1. The standard InChI is InChI=1S/C15H14O3/c1-10(15(16)17)7-11-3-4-13-9-14(18-2)6-5-12(13)8-11/h3-9H,1-2H3,(H,16,17)/b10-7+. The molecule has 0 amide bonds. The van der Waals surface area contributed by atoms with Gasteiger partial charge in [0.15, 0.2) is 0 Å². The quantitative estimate of drug-likeness (QED) is 0.840. The van der Waals surface area contributed by atoms with E-state index < -0.39 is 5.97 Å². The smallest absolute Gasteiger partial charge is 0.331 e. The maximum absolute atomic E-state index is 10.8. The van der Waals surface area contributed by atoms with E-state index in [0.29, 0.717) is 5.57 Å². The molecule has 0 bridgehead atoms. The van der Waals surface area contributed by atoms with E-state index in [2.05, 4.69) is 0 Å². The first kappa shape index (κ1) is 12.2. The fourth-order valence-corrected chi connectivity index (χ4v) is 1.77. The van der Waals surface area contributed by atoms with Gasteiger partial charge in [-0.1, -0.05) is 18.2 Å².